The smallest absolute Gasteiger partial charge is 0.186 e. The van der Waals surface area contributed by atoms with Gasteiger partial charge in [0, 0.05) is 6.42 Å². The summed E-state index contributed by atoms with van der Waals surface area (Å²) in [6, 6.07) is 0. The van der Waals surface area contributed by atoms with Crippen LogP contribution >= 0.6 is 0 Å². The van der Waals surface area contributed by atoms with Crippen LogP contribution in [-0.2, 0) is 23.7 Å². The fourth-order valence-corrected chi connectivity index (χ4v) is 5.37. The first-order valence-corrected chi connectivity index (χ1v) is 12.8. The largest absolute Gasteiger partial charge is 0.392 e. The highest BCUT2D eigenvalue weighted by atomic mass is 16.7. The minimum absolute atomic E-state index is 0.0135. The SMILES string of the molecule is C[C@H](CC[C@H]1C(CO)=CC(=O)CC1(C)C)O[C@@H]1O[C@H](CO[C@H]2O[C@@H](C)[C@H](O)[C@@H](O)[C@H]2O)[C@@H](O)[C@H](O)[C@H]1O. The molecule has 3 aliphatic rings. The van der Waals surface area contributed by atoms with Gasteiger partial charge in [0.05, 0.1) is 25.4 Å². The lowest BCUT2D eigenvalue weighted by Crippen LogP contribution is -2.61. The number of aliphatic hydroxyl groups excluding tert-OH is 7. The molecule has 0 aromatic rings. The quantitative estimate of drug-likeness (QED) is 0.178. The topological polar surface area (TPSA) is 196 Å². The van der Waals surface area contributed by atoms with Crippen molar-refractivity contribution in [2.45, 2.75) is 114 Å². The Balaban J connectivity index is 1.57. The molecule has 0 unspecified atom stereocenters. The maximum atomic E-state index is 12.0. The van der Waals surface area contributed by atoms with E-state index in [1.165, 1.54) is 13.0 Å². The Morgan fingerprint density at radius 1 is 0.973 bits per heavy atom. The molecule has 1 aliphatic carbocycles. The molecule has 2 fully saturated rings. The molecule has 12 nitrogen and oxygen atoms in total. The number of ketones is 1. The summed E-state index contributed by atoms with van der Waals surface area (Å²) in [6.45, 7) is 6.65. The van der Waals surface area contributed by atoms with Gasteiger partial charge < -0.3 is 54.7 Å². The highest BCUT2D eigenvalue weighted by Crippen LogP contribution is 2.42. The fourth-order valence-electron chi connectivity index (χ4n) is 5.37. The molecule has 2 heterocycles. The second kappa shape index (κ2) is 12.4. The predicted molar refractivity (Wildman–Crippen MR) is 127 cm³/mol. The van der Waals surface area contributed by atoms with Gasteiger partial charge in [0.1, 0.15) is 42.7 Å². The number of ether oxygens (including phenoxy) is 4. The van der Waals surface area contributed by atoms with E-state index in [2.05, 4.69) is 0 Å². The molecule has 37 heavy (non-hydrogen) atoms. The van der Waals surface area contributed by atoms with Crippen LogP contribution in [0.1, 0.15) is 47.0 Å². The molecule has 12 heteroatoms. The zero-order valence-corrected chi connectivity index (χ0v) is 21.7. The Kier molecular flexibility index (Phi) is 10.3. The summed E-state index contributed by atoms with van der Waals surface area (Å²) in [6.07, 6.45) is -11.1. The molecule has 0 saturated carbocycles. The average molecular weight is 535 g/mol. The maximum absolute atomic E-state index is 12.0. The molecule has 0 aromatic heterocycles. The Morgan fingerprint density at radius 2 is 1.59 bits per heavy atom. The van der Waals surface area contributed by atoms with Crippen LogP contribution in [0.25, 0.3) is 0 Å². The molecule has 0 amide bonds. The van der Waals surface area contributed by atoms with E-state index >= 15 is 0 Å². The van der Waals surface area contributed by atoms with Crippen molar-refractivity contribution in [3.8, 4) is 0 Å². The van der Waals surface area contributed by atoms with Gasteiger partial charge in [-0.1, -0.05) is 13.8 Å². The van der Waals surface area contributed by atoms with E-state index in [0.29, 0.717) is 24.8 Å². The Hall–Kier alpha value is -1.03. The van der Waals surface area contributed by atoms with E-state index < -0.39 is 67.5 Å². The first-order valence-electron chi connectivity index (χ1n) is 12.8. The van der Waals surface area contributed by atoms with E-state index in [0.717, 1.165) is 0 Å². The van der Waals surface area contributed by atoms with Gasteiger partial charge in [0.15, 0.2) is 18.4 Å². The van der Waals surface area contributed by atoms with Crippen LogP contribution in [0.5, 0.6) is 0 Å². The van der Waals surface area contributed by atoms with Crippen molar-refractivity contribution in [1.29, 1.82) is 0 Å². The number of carbonyl (C=O) groups excluding carboxylic acids is 1. The molecule has 0 bridgehead atoms. The second-order valence-electron chi connectivity index (χ2n) is 11.1. The standard InChI is InChI=1S/C25H42O12/c1-11(5-6-15-13(9-26)7-14(27)8-25(15,3)4)35-24-22(33)20(31)18(29)16(37-24)10-34-23-21(32)19(30)17(28)12(2)36-23/h7,11-12,15-24,26,28-33H,5-6,8-10H2,1-4H3/t11-,12+,15+,16-,17+,18-,19-,20+,21-,22-,23+,24-/m1/s1. The van der Waals surface area contributed by atoms with E-state index in [1.807, 2.05) is 13.8 Å². The van der Waals surface area contributed by atoms with Crippen LogP contribution in [0, 0.1) is 11.3 Å². The van der Waals surface area contributed by atoms with Crippen molar-refractivity contribution >= 4 is 5.78 Å². The van der Waals surface area contributed by atoms with E-state index in [4.69, 9.17) is 18.9 Å². The van der Waals surface area contributed by atoms with E-state index in [1.54, 1.807) is 6.92 Å². The maximum Gasteiger partial charge on any atom is 0.186 e. The predicted octanol–water partition coefficient (Wildman–Crippen LogP) is -1.64. The summed E-state index contributed by atoms with van der Waals surface area (Å²) < 4.78 is 22.4. The minimum atomic E-state index is -1.60. The lowest BCUT2D eigenvalue weighted by atomic mass is 9.66. The number of allylic oxidation sites excluding steroid dienone is 1. The normalized spacial score (nSPS) is 43.4. The number of rotatable bonds is 9. The lowest BCUT2D eigenvalue weighted by Gasteiger charge is -2.43. The van der Waals surface area contributed by atoms with Gasteiger partial charge >= 0.3 is 0 Å². The van der Waals surface area contributed by atoms with Crippen molar-refractivity contribution in [2.24, 2.45) is 11.3 Å². The van der Waals surface area contributed by atoms with Gasteiger partial charge in [-0.15, -0.1) is 0 Å². The Labute approximate surface area is 216 Å². The Bertz CT molecular complexity index is 803. The van der Waals surface area contributed by atoms with Crippen molar-refractivity contribution in [1.82, 2.24) is 0 Å². The van der Waals surface area contributed by atoms with Gasteiger partial charge in [-0.3, -0.25) is 4.79 Å². The Morgan fingerprint density at radius 3 is 2.24 bits per heavy atom. The van der Waals surface area contributed by atoms with E-state index in [9.17, 15) is 40.5 Å². The van der Waals surface area contributed by atoms with Crippen LogP contribution in [0.15, 0.2) is 11.6 Å². The van der Waals surface area contributed by atoms with Crippen molar-refractivity contribution in [3.05, 3.63) is 11.6 Å². The highest BCUT2D eigenvalue weighted by molar-refractivity contribution is 5.92. The van der Waals surface area contributed by atoms with Crippen LogP contribution < -0.4 is 0 Å². The summed E-state index contributed by atoms with van der Waals surface area (Å²) in [7, 11) is 0. The summed E-state index contributed by atoms with van der Waals surface area (Å²) in [4.78, 5) is 12.0. The fraction of sp³-hybridized carbons (Fsp3) is 0.880. The third-order valence-electron chi connectivity index (χ3n) is 7.68. The summed E-state index contributed by atoms with van der Waals surface area (Å²) in [5.74, 6) is -0.0504. The van der Waals surface area contributed by atoms with Gasteiger partial charge in [0.25, 0.3) is 0 Å². The molecule has 0 aromatic carbocycles. The molecule has 0 radical (unpaired) electrons. The molecular formula is C25H42O12. The van der Waals surface area contributed by atoms with Crippen LogP contribution in [0.2, 0.25) is 0 Å². The molecule has 0 spiro atoms. The van der Waals surface area contributed by atoms with Gasteiger partial charge in [-0.25, -0.2) is 0 Å². The summed E-state index contributed by atoms with van der Waals surface area (Å²) in [5.41, 5.74) is 0.345. The molecule has 2 aliphatic heterocycles. The third kappa shape index (κ3) is 6.95. The molecule has 2 saturated heterocycles. The first kappa shape index (κ1) is 30.5. The second-order valence-corrected chi connectivity index (χ2v) is 11.1. The lowest BCUT2D eigenvalue weighted by molar-refractivity contribution is -0.332. The van der Waals surface area contributed by atoms with Crippen molar-refractivity contribution in [2.75, 3.05) is 13.2 Å². The number of carbonyl (C=O) groups is 1. The number of hydrogen-bond acceptors (Lipinski definition) is 12. The van der Waals surface area contributed by atoms with Gasteiger partial charge in [-0.2, -0.15) is 0 Å². The minimum Gasteiger partial charge on any atom is -0.392 e. The van der Waals surface area contributed by atoms with E-state index in [-0.39, 0.29) is 30.3 Å². The van der Waals surface area contributed by atoms with Crippen LogP contribution in [0.3, 0.4) is 0 Å². The van der Waals surface area contributed by atoms with Crippen LogP contribution in [0.4, 0.5) is 0 Å². The monoisotopic (exact) mass is 534 g/mol. The van der Waals surface area contributed by atoms with Gasteiger partial charge in [-0.05, 0) is 49.7 Å². The molecule has 3 rings (SSSR count). The zero-order valence-electron chi connectivity index (χ0n) is 21.7. The molecule has 7 N–H and O–H groups in total. The number of aliphatic hydroxyl groups is 7. The summed E-state index contributed by atoms with van der Waals surface area (Å²) >= 11 is 0. The van der Waals surface area contributed by atoms with Crippen molar-refractivity contribution in [3.63, 3.8) is 0 Å². The average Bonchev–Trinajstić information content (AvgIpc) is 2.83. The first-order chi connectivity index (χ1) is 17.3. The molecule has 214 valence electrons. The zero-order chi connectivity index (χ0) is 27.7. The van der Waals surface area contributed by atoms with Gasteiger partial charge in [0.2, 0.25) is 0 Å². The van der Waals surface area contributed by atoms with Crippen molar-refractivity contribution < 1.29 is 59.5 Å². The highest BCUT2D eigenvalue weighted by Gasteiger charge is 2.47. The van der Waals surface area contributed by atoms with Crippen LogP contribution in [-0.4, -0.2) is 122 Å². The summed E-state index contributed by atoms with van der Waals surface area (Å²) in [5, 5.41) is 70.8. The molecular weight excluding hydrogens is 492 g/mol. The number of hydrogen-bond donors (Lipinski definition) is 7. The molecule has 12 atom stereocenters. The third-order valence-corrected chi connectivity index (χ3v) is 7.68.